The number of hydrogen-bond acceptors (Lipinski definition) is 5. The molecule has 7 heteroatoms. The van der Waals surface area contributed by atoms with E-state index in [1.165, 1.54) is 16.8 Å². The van der Waals surface area contributed by atoms with E-state index < -0.39 is 17.8 Å². The average Bonchev–Trinajstić information content (AvgIpc) is 3.00. The number of imide groups is 1. The zero-order valence-corrected chi connectivity index (χ0v) is 13.1. The maximum Gasteiger partial charge on any atom is 0.382 e. The normalized spacial score (nSPS) is 17.0. The molecule has 1 aliphatic heterocycles. The molecule has 0 atom stereocenters. The molecule has 0 radical (unpaired) electrons. The Morgan fingerprint density at radius 2 is 1.79 bits per heavy atom. The summed E-state index contributed by atoms with van der Waals surface area (Å²) in [5.74, 6) is -1.72. The van der Waals surface area contributed by atoms with Gasteiger partial charge in [-0.3, -0.25) is 14.3 Å². The summed E-state index contributed by atoms with van der Waals surface area (Å²) in [6.45, 7) is 0. The van der Waals surface area contributed by atoms with E-state index in [-0.39, 0.29) is 22.7 Å². The molecule has 1 aromatic carbocycles. The summed E-state index contributed by atoms with van der Waals surface area (Å²) >= 11 is 0. The number of carbonyl (C=O) groups is 3. The fourth-order valence-electron chi connectivity index (χ4n) is 3.10. The highest BCUT2D eigenvalue weighted by atomic mass is 16.7. The zero-order valence-electron chi connectivity index (χ0n) is 13.1. The maximum absolute atomic E-state index is 12.6. The van der Waals surface area contributed by atoms with Gasteiger partial charge >= 0.3 is 5.97 Å². The molecule has 1 aromatic heterocycles. The number of fused-ring (bicyclic) bond motifs is 1. The largest absolute Gasteiger partial charge is 0.382 e. The number of amides is 2. The van der Waals surface area contributed by atoms with Crippen LogP contribution in [0.4, 0.5) is 0 Å². The number of carbonyl (C=O) groups excluding carboxylic acids is 3. The van der Waals surface area contributed by atoms with Gasteiger partial charge in [-0.05, 0) is 30.9 Å². The van der Waals surface area contributed by atoms with Gasteiger partial charge in [0.1, 0.15) is 0 Å². The van der Waals surface area contributed by atoms with E-state index >= 15 is 0 Å². The monoisotopic (exact) mass is 325 g/mol. The molecule has 2 aliphatic rings. The molecule has 2 amide bonds. The molecular formula is C17H15N3O4. The van der Waals surface area contributed by atoms with Gasteiger partial charge in [0.15, 0.2) is 5.69 Å². The molecule has 1 saturated carbocycles. The third-order valence-corrected chi connectivity index (χ3v) is 4.64. The number of aryl methyl sites for hydroxylation is 1. The number of rotatable bonds is 3. The third kappa shape index (κ3) is 2.05. The Morgan fingerprint density at radius 1 is 1.17 bits per heavy atom. The second-order valence-corrected chi connectivity index (χ2v) is 6.03. The first-order chi connectivity index (χ1) is 11.6. The molecule has 1 fully saturated rings. The molecule has 24 heavy (non-hydrogen) atoms. The second-order valence-electron chi connectivity index (χ2n) is 6.03. The van der Waals surface area contributed by atoms with Crippen molar-refractivity contribution >= 4 is 17.8 Å². The van der Waals surface area contributed by atoms with Crippen molar-refractivity contribution in [3.05, 3.63) is 52.8 Å². The molecule has 1 aliphatic carbocycles. The SMILES string of the molecule is Cn1ncc(C2CCC2)c1C(=O)ON1C(=O)c2ccccc2C1=O. The van der Waals surface area contributed by atoms with E-state index in [1.807, 2.05) is 0 Å². The molecule has 0 unspecified atom stereocenters. The fourth-order valence-corrected chi connectivity index (χ4v) is 3.10. The first-order valence-corrected chi connectivity index (χ1v) is 7.80. The molecule has 0 bridgehead atoms. The highest BCUT2D eigenvalue weighted by Gasteiger charge is 2.40. The first kappa shape index (κ1) is 14.6. The Balaban J connectivity index is 1.61. The predicted octanol–water partition coefficient (Wildman–Crippen LogP) is 2.06. The van der Waals surface area contributed by atoms with Crippen LogP contribution in [0.2, 0.25) is 0 Å². The van der Waals surface area contributed by atoms with E-state index in [0.717, 1.165) is 24.8 Å². The standard InChI is InChI=1S/C17H15N3O4/c1-19-14(13(9-18-19)10-5-4-6-10)17(23)24-20-15(21)11-7-2-3-8-12(11)16(20)22/h2-3,7-10H,4-6H2,1H3. The van der Waals surface area contributed by atoms with E-state index in [9.17, 15) is 14.4 Å². The van der Waals surface area contributed by atoms with Crippen LogP contribution >= 0.6 is 0 Å². The van der Waals surface area contributed by atoms with Gasteiger partial charge in [-0.25, -0.2) is 4.79 Å². The van der Waals surface area contributed by atoms with Gasteiger partial charge in [0.05, 0.1) is 17.3 Å². The average molecular weight is 325 g/mol. The number of nitrogens with zero attached hydrogens (tertiary/aromatic N) is 3. The Labute approximate surface area is 137 Å². The van der Waals surface area contributed by atoms with Crippen LogP contribution < -0.4 is 0 Å². The molecule has 4 rings (SSSR count). The summed E-state index contributed by atoms with van der Waals surface area (Å²) < 4.78 is 1.42. The van der Waals surface area contributed by atoms with E-state index in [0.29, 0.717) is 5.06 Å². The van der Waals surface area contributed by atoms with Gasteiger partial charge in [0.25, 0.3) is 11.8 Å². The molecular weight excluding hydrogens is 310 g/mol. The summed E-state index contributed by atoms with van der Waals surface area (Å²) in [5, 5.41) is 4.65. The van der Waals surface area contributed by atoms with Gasteiger partial charge < -0.3 is 4.84 Å². The summed E-state index contributed by atoms with van der Waals surface area (Å²) in [5.41, 5.74) is 1.57. The van der Waals surface area contributed by atoms with Crippen molar-refractivity contribution in [3.8, 4) is 0 Å². The van der Waals surface area contributed by atoms with Crippen molar-refractivity contribution in [2.75, 3.05) is 0 Å². The van der Waals surface area contributed by atoms with Crippen LogP contribution in [0, 0.1) is 0 Å². The Morgan fingerprint density at radius 3 is 2.33 bits per heavy atom. The van der Waals surface area contributed by atoms with Gasteiger partial charge in [0.2, 0.25) is 0 Å². The van der Waals surface area contributed by atoms with Crippen molar-refractivity contribution in [1.82, 2.24) is 14.8 Å². The van der Waals surface area contributed by atoms with Gasteiger partial charge in [-0.2, -0.15) is 5.10 Å². The summed E-state index contributed by atoms with van der Waals surface area (Å²) in [7, 11) is 1.64. The molecule has 122 valence electrons. The minimum absolute atomic E-state index is 0.236. The molecule has 7 nitrogen and oxygen atoms in total. The topological polar surface area (TPSA) is 81.5 Å². The molecule has 2 aromatic rings. The number of aromatic nitrogens is 2. The van der Waals surface area contributed by atoms with Crippen LogP contribution in [0.1, 0.15) is 61.9 Å². The quantitative estimate of drug-likeness (QED) is 0.807. The maximum atomic E-state index is 12.6. The lowest BCUT2D eigenvalue weighted by Gasteiger charge is -2.25. The van der Waals surface area contributed by atoms with Crippen LogP contribution in [0.15, 0.2) is 30.5 Å². The number of hydroxylamine groups is 2. The van der Waals surface area contributed by atoms with E-state index in [2.05, 4.69) is 5.10 Å². The fraction of sp³-hybridized carbons (Fsp3) is 0.294. The van der Waals surface area contributed by atoms with E-state index in [4.69, 9.17) is 4.84 Å². The van der Waals surface area contributed by atoms with Gasteiger partial charge in [-0.1, -0.05) is 23.6 Å². The lowest BCUT2D eigenvalue weighted by Crippen LogP contribution is -2.33. The number of hydrogen-bond donors (Lipinski definition) is 0. The number of benzene rings is 1. The van der Waals surface area contributed by atoms with Crippen molar-refractivity contribution in [1.29, 1.82) is 0 Å². The highest BCUT2D eigenvalue weighted by Crippen LogP contribution is 2.38. The van der Waals surface area contributed by atoms with Gasteiger partial charge in [-0.15, -0.1) is 0 Å². The molecule has 0 spiro atoms. The van der Waals surface area contributed by atoms with Gasteiger partial charge in [0, 0.05) is 12.6 Å². The van der Waals surface area contributed by atoms with Crippen LogP contribution in [0.3, 0.4) is 0 Å². The first-order valence-electron chi connectivity index (χ1n) is 7.80. The Hall–Kier alpha value is -2.96. The van der Waals surface area contributed by atoms with Crippen LogP contribution in [0.25, 0.3) is 0 Å². The highest BCUT2D eigenvalue weighted by molar-refractivity contribution is 6.21. The summed E-state index contributed by atoms with van der Waals surface area (Å²) in [6.07, 6.45) is 4.77. The smallest absolute Gasteiger partial charge is 0.323 e. The minimum Gasteiger partial charge on any atom is -0.323 e. The summed E-state index contributed by atoms with van der Waals surface area (Å²) in [4.78, 5) is 42.3. The Bertz CT molecular complexity index is 831. The zero-order chi connectivity index (χ0) is 16.8. The second kappa shape index (κ2) is 5.30. The van der Waals surface area contributed by atoms with Crippen molar-refractivity contribution < 1.29 is 19.2 Å². The van der Waals surface area contributed by atoms with E-state index in [1.54, 1.807) is 25.4 Å². The van der Waals surface area contributed by atoms with Crippen LogP contribution in [-0.2, 0) is 11.9 Å². The van der Waals surface area contributed by atoms with Crippen LogP contribution in [-0.4, -0.2) is 32.6 Å². The Kier molecular flexibility index (Phi) is 3.23. The van der Waals surface area contributed by atoms with Crippen LogP contribution in [0.5, 0.6) is 0 Å². The predicted molar refractivity (Wildman–Crippen MR) is 82.2 cm³/mol. The molecule has 2 heterocycles. The summed E-state index contributed by atoms with van der Waals surface area (Å²) in [6, 6.07) is 6.39. The van der Waals surface area contributed by atoms with Crippen molar-refractivity contribution in [2.45, 2.75) is 25.2 Å². The lowest BCUT2D eigenvalue weighted by atomic mass is 9.80. The molecule has 0 saturated heterocycles. The minimum atomic E-state index is -0.744. The van der Waals surface area contributed by atoms with Crippen molar-refractivity contribution in [2.24, 2.45) is 7.05 Å². The third-order valence-electron chi connectivity index (χ3n) is 4.64. The van der Waals surface area contributed by atoms with Crippen molar-refractivity contribution in [3.63, 3.8) is 0 Å². The lowest BCUT2D eigenvalue weighted by molar-refractivity contribution is -0.0593. The molecule has 0 N–H and O–H groups in total.